The van der Waals surface area contributed by atoms with Crippen LogP contribution in [0.1, 0.15) is 69.8 Å². The van der Waals surface area contributed by atoms with Crippen molar-refractivity contribution < 1.29 is 19.1 Å². The van der Waals surface area contributed by atoms with Gasteiger partial charge in [-0.05, 0) is 77.6 Å². The maximum atomic E-state index is 13.7. The monoisotopic (exact) mass is 481 g/mol. The van der Waals surface area contributed by atoms with E-state index in [0.29, 0.717) is 6.54 Å². The summed E-state index contributed by atoms with van der Waals surface area (Å²) in [6.45, 7) is 14.8. The molecule has 190 valence electrons. The van der Waals surface area contributed by atoms with E-state index >= 15 is 0 Å². The van der Waals surface area contributed by atoms with E-state index in [1.165, 1.54) is 0 Å². The third-order valence-electron chi connectivity index (χ3n) is 5.41. The Kier molecular flexibility index (Phi) is 9.07. The summed E-state index contributed by atoms with van der Waals surface area (Å²) in [6, 6.07) is 14.5. The summed E-state index contributed by atoms with van der Waals surface area (Å²) in [5.74, 6) is -0.669. The number of carbonyl (C=O) groups excluding carboxylic acids is 3. The number of rotatable bonds is 7. The number of amides is 3. The summed E-state index contributed by atoms with van der Waals surface area (Å²) in [4.78, 5) is 41.0. The molecule has 0 aliphatic heterocycles. The second kappa shape index (κ2) is 11.4. The van der Waals surface area contributed by atoms with Crippen LogP contribution in [-0.2, 0) is 20.9 Å². The van der Waals surface area contributed by atoms with Crippen LogP contribution in [0, 0.1) is 13.8 Å². The smallest absolute Gasteiger partial charge is 0.408 e. The Morgan fingerprint density at radius 3 is 1.94 bits per heavy atom. The summed E-state index contributed by atoms with van der Waals surface area (Å²) < 4.78 is 5.27. The molecule has 2 aromatic carbocycles. The lowest BCUT2D eigenvalue weighted by Gasteiger charge is -2.42. The van der Waals surface area contributed by atoms with Crippen molar-refractivity contribution in [2.45, 2.75) is 79.1 Å². The number of nitrogens with one attached hydrogen (secondary N) is 2. The van der Waals surface area contributed by atoms with Gasteiger partial charge in [0.1, 0.15) is 18.2 Å². The summed E-state index contributed by atoms with van der Waals surface area (Å²) in [6.07, 6.45) is -0.683. The Morgan fingerprint density at radius 2 is 1.43 bits per heavy atom. The van der Waals surface area contributed by atoms with Crippen molar-refractivity contribution in [3.05, 3.63) is 70.8 Å². The second-order valence-electron chi connectivity index (χ2n) is 10.7. The average molecular weight is 482 g/mol. The molecule has 7 nitrogen and oxygen atoms in total. The summed E-state index contributed by atoms with van der Waals surface area (Å²) in [5, 5.41) is 5.55. The number of aryl methyl sites for hydroxylation is 2. The summed E-state index contributed by atoms with van der Waals surface area (Å²) in [5.41, 5.74) is 2.16. The minimum Gasteiger partial charge on any atom is -0.444 e. The van der Waals surface area contributed by atoms with Gasteiger partial charge in [0.2, 0.25) is 11.8 Å². The first kappa shape index (κ1) is 27.9. The fourth-order valence-corrected chi connectivity index (χ4v) is 3.97. The summed E-state index contributed by atoms with van der Waals surface area (Å²) >= 11 is 0. The molecular formula is C28H39N3O4. The van der Waals surface area contributed by atoms with Gasteiger partial charge in [0.25, 0.3) is 0 Å². The molecule has 2 rings (SSSR count). The number of hydrogen-bond donors (Lipinski definition) is 2. The largest absolute Gasteiger partial charge is 0.444 e. The van der Waals surface area contributed by atoms with E-state index in [0.717, 1.165) is 22.3 Å². The minimum atomic E-state index is -0.882. The molecule has 0 bridgehead atoms. The number of benzene rings is 2. The van der Waals surface area contributed by atoms with Crippen LogP contribution in [0.25, 0.3) is 0 Å². The highest BCUT2D eigenvalue weighted by molar-refractivity contribution is 5.91. The first-order valence-corrected chi connectivity index (χ1v) is 11.9. The first-order chi connectivity index (χ1) is 16.2. The van der Waals surface area contributed by atoms with Crippen LogP contribution in [-0.4, -0.2) is 40.5 Å². The maximum absolute atomic E-state index is 13.7. The Labute approximate surface area is 209 Å². The van der Waals surface area contributed by atoms with Crippen LogP contribution in [0.2, 0.25) is 0 Å². The zero-order valence-corrected chi connectivity index (χ0v) is 22.2. The van der Waals surface area contributed by atoms with E-state index in [9.17, 15) is 14.4 Å². The van der Waals surface area contributed by atoms with Crippen molar-refractivity contribution in [1.82, 2.24) is 15.5 Å². The van der Waals surface area contributed by atoms with Crippen LogP contribution >= 0.6 is 0 Å². The Bertz CT molecular complexity index is 1020. The molecule has 0 heterocycles. The lowest BCUT2D eigenvalue weighted by atomic mass is 9.90. The van der Waals surface area contributed by atoms with Crippen molar-refractivity contribution in [3.8, 4) is 0 Å². The van der Waals surface area contributed by atoms with E-state index in [-0.39, 0.29) is 18.4 Å². The highest BCUT2D eigenvalue weighted by Gasteiger charge is 2.39. The third-order valence-corrected chi connectivity index (χ3v) is 5.41. The van der Waals surface area contributed by atoms with Crippen molar-refractivity contribution in [2.24, 2.45) is 0 Å². The molecular weight excluding hydrogens is 442 g/mol. The molecule has 7 heteroatoms. The number of carbonyl (C=O) groups is 3. The number of hydrogen-bond acceptors (Lipinski definition) is 4. The molecule has 1 unspecified atom stereocenters. The van der Waals surface area contributed by atoms with Crippen LogP contribution in [0.4, 0.5) is 4.79 Å². The molecule has 35 heavy (non-hydrogen) atoms. The topological polar surface area (TPSA) is 87.7 Å². The lowest BCUT2D eigenvalue weighted by molar-refractivity contribution is -0.146. The zero-order chi connectivity index (χ0) is 26.4. The molecule has 0 saturated carbocycles. The molecule has 0 aliphatic carbocycles. The zero-order valence-electron chi connectivity index (χ0n) is 22.2. The predicted octanol–water partition coefficient (Wildman–Crippen LogP) is 4.81. The Morgan fingerprint density at radius 1 is 0.857 bits per heavy atom. The predicted molar refractivity (Wildman–Crippen MR) is 138 cm³/mol. The highest BCUT2D eigenvalue weighted by Crippen LogP contribution is 2.33. The van der Waals surface area contributed by atoms with Gasteiger partial charge >= 0.3 is 6.09 Å². The molecule has 0 fully saturated rings. The fourth-order valence-electron chi connectivity index (χ4n) is 3.97. The summed E-state index contributed by atoms with van der Waals surface area (Å²) in [7, 11) is 0. The number of alkyl carbamates (subject to hydrolysis) is 1. The molecule has 0 radical (unpaired) electrons. The van der Waals surface area contributed by atoms with Crippen molar-refractivity contribution in [1.29, 1.82) is 0 Å². The van der Waals surface area contributed by atoms with Gasteiger partial charge in [-0.3, -0.25) is 9.59 Å². The van der Waals surface area contributed by atoms with Crippen molar-refractivity contribution >= 4 is 17.9 Å². The Balaban J connectivity index is 2.41. The fraction of sp³-hybridized carbons (Fsp3) is 0.464. The third kappa shape index (κ3) is 8.12. The van der Waals surface area contributed by atoms with Gasteiger partial charge in [0.15, 0.2) is 0 Å². The molecule has 0 spiro atoms. The van der Waals surface area contributed by atoms with E-state index in [4.69, 9.17) is 4.74 Å². The molecule has 2 N–H and O–H groups in total. The van der Waals surface area contributed by atoms with Crippen molar-refractivity contribution in [2.75, 3.05) is 6.54 Å². The molecule has 1 atom stereocenters. The van der Waals surface area contributed by atoms with Crippen LogP contribution in [0.5, 0.6) is 0 Å². The quantitative estimate of drug-likeness (QED) is 0.594. The van der Waals surface area contributed by atoms with Gasteiger partial charge in [-0.15, -0.1) is 0 Å². The van der Waals surface area contributed by atoms with Gasteiger partial charge in [-0.2, -0.15) is 0 Å². The van der Waals surface area contributed by atoms with Crippen molar-refractivity contribution in [3.63, 3.8) is 0 Å². The molecule has 0 aromatic heterocycles. The molecule has 0 aliphatic rings. The molecule has 0 saturated heterocycles. The first-order valence-electron chi connectivity index (χ1n) is 11.9. The SMILES string of the molecule is Cc1cccc(C)c1C(C(=O)NCc1ccccc1)N(C(=O)CNC(=O)OC(C)(C)C)C(C)(C)C. The van der Waals surface area contributed by atoms with Gasteiger partial charge in [0.05, 0.1) is 0 Å². The standard InChI is InChI=1S/C28H39N3O4/c1-19-13-12-14-20(2)23(19)24(25(33)29-17-21-15-10-9-11-16-21)31(27(3,4)5)22(32)18-30-26(34)35-28(6,7)8/h9-16,24H,17-18H2,1-8H3,(H,29,33)(H,30,34). The number of nitrogens with zero attached hydrogens (tertiary/aromatic N) is 1. The van der Waals surface area contributed by atoms with E-state index in [2.05, 4.69) is 10.6 Å². The van der Waals surface area contributed by atoms with Crippen LogP contribution in [0.3, 0.4) is 0 Å². The maximum Gasteiger partial charge on any atom is 0.408 e. The normalized spacial score (nSPS) is 12.5. The van der Waals surface area contributed by atoms with Gasteiger partial charge in [0, 0.05) is 12.1 Å². The highest BCUT2D eigenvalue weighted by atomic mass is 16.6. The second-order valence-corrected chi connectivity index (χ2v) is 10.7. The van der Waals surface area contributed by atoms with Gasteiger partial charge in [-0.1, -0.05) is 48.5 Å². The van der Waals surface area contributed by atoms with Gasteiger partial charge < -0.3 is 20.3 Å². The lowest BCUT2D eigenvalue weighted by Crippen LogP contribution is -2.55. The van der Waals surface area contributed by atoms with Gasteiger partial charge in [-0.25, -0.2) is 4.79 Å². The molecule has 3 amide bonds. The molecule has 2 aromatic rings. The average Bonchev–Trinajstić information content (AvgIpc) is 2.73. The number of ether oxygens (including phenoxy) is 1. The van der Waals surface area contributed by atoms with E-state index < -0.39 is 23.3 Å². The van der Waals surface area contributed by atoms with E-state index in [1.807, 2.05) is 83.1 Å². The van der Waals surface area contributed by atoms with Crippen LogP contribution in [0.15, 0.2) is 48.5 Å². The minimum absolute atomic E-state index is 0.285. The Hall–Kier alpha value is -3.35. The van der Waals surface area contributed by atoms with E-state index in [1.54, 1.807) is 25.7 Å². The van der Waals surface area contributed by atoms with Crippen LogP contribution < -0.4 is 10.6 Å².